The van der Waals surface area contributed by atoms with Crippen molar-refractivity contribution in [2.45, 2.75) is 37.6 Å². The first-order chi connectivity index (χ1) is 6.43. The first-order valence-corrected chi connectivity index (χ1v) is 6.00. The van der Waals surface area contributed by atoms with Crippen LogP contribution in [0.1, 0.15) is 48.3 Å². The molecule has 1 atom stereocenters. The zero-order chi connectivity index (χ0) is 8.67. The summed E-state index contributed by atoms with van der Waals surface area (Å²) in [5, 5.41) is 7.07. The van der Waals surface area contributed by atoms with Gasteiger partial charge in [-0.25, -0.2) is 4.98 Å². The third-order valence-electron chi connectivity index (χ3n) is 2.89. The van der Waals surface area contributed by atoms with E-state index >= 15 is 0 Å². The second-order valence-corrected chi connectivity index (χ2v) is 4.92. The highest BCUT2D eigenvalue weighted by Gasteiger charge is 2.27. The molecule has 1 aromatic heterocycles. The van der Waals surface area contributed by atoms with Gasteiger partial charge in [0, 0.05) is 11.3 Å². The Hall–Kier alpha value is -0.410. The molecule has 2 aliphatic rings. The summed E-state index contributed by atoms with van der Waals surface area (Å²) >= 11 is 1.84. The first kappa shape index (κ1) is 7.94. The van der Waals surface area contributed by atoms with Gasteiger partial charge in [0.1, 0.15) is 5.01 Å². The average molecular weight is 194 g/mol. The molecule has 0 bridgehead atoms. The van der Waals surface area contributed by atoms with Crippen LogP contribution in [0.25, 0.3) is 0 Å². The molecule has 0 aromatic carbocycles. The smallest absolute Gasteiger partial charge is 0.110 e. The molecule has 1 unspecified atom stereocenters. The summed E-state index contributed by atoms with van der Waals surface area (Å²) in [6.07, 6.45) is 5.31. The number of nitrogens with zero attached hydrogens (tertiary/aromatic N) is 1. The van der Waals surface area contributed by atoms with Gasteiger partial charge in [-0.2, -0.15) is 0 Å². The van der Waals surface area contributed by atoms with Gasteiger partial charge in [-0.3, -0.25) is 0 Å². The zero-order valence-corrected chi connectivity index (χ0v) is 8.44. The largest absolute Gasteiger partial charge is 0.308 e. The molecule has 1 aromatic rings. The maximum atomic E-state index is 4.71. The summed E-state index contributed by atoms with van der Waals surface area (Å²) in [5.41, 5.74) is 1.36. The molecule has 2 heterocycles. The van der Waals surface area contributed by atoms with Crippen LogP contribution in [0, 0.1) is 0 Å². The summed E-state index contributed by atoms with van der Waals surface area (Å²) in [6.45, 7) is 1.17. The molecule has 0 spiro atoms. The third kappa shape index (κ3) is 1.51. The molecule has 0 amide bonds. The summed E-state index contributed by atoms with van der Waals surface area (Å²) in [5.74, 6) is 0.811. The lowest BCUT2D eigenvalue weighted by Crippen LogP contribution is -2.12. The van der Waals surface area contributed by atoms with E-state index < -0.39 is 0 Å². The van der Waals surface area contributed by atoms with Crippen LogP contribution in [0.5, 0.6) is 0 Å². The zero-order valence-electron chi connectivity index (χ0n) is 7.62. The maximum absolute atomic E-state index is 4.71. The van der Waals surface area contributed by atoms with Gasteiger partial charge >= 0.3 is 0 Å². The van der Waals surface area contributed by atoms with Gasteiger partial charge in [-0.05, 0) is 32.2 Å². The van der Waals surface area contributed by atoms with Crippen molar-refractivity contribution in [1.82, 2.24) is 10.3 Å². The fourth-order valence-electron chi connectivity index (χ4n) is 1.92. The lowest BCUT2D eigenvalue weighted by atomic mass is 10.2. The highest BCUT2D eigenvalue weighted by Crippen LogP contribution is 2.41. The van der Waals surface area contributed by atoms with Gasteiger partial charge in [0.15, 0.2) is 0 Å². The van der Waals surface area contributed by atoms with Crippen molar-refractivity contribution in [2.75, 3.05) is 6.54 Å². The van der Waals surface area contributed by atoms with Crippen LogP contribution >= 0.6 is 11.3 Å². The third-order valence-corrected chi connectivity index (χ3v) is 3.87. The van der Waals surface area contributed by atoms with E-state index in [0.717, 1.165) is 5.92 Å². The van der Waals surface area contributed by atoms with Crippen molar-refractivity contribution >= 4 is 11.3 Å². The standard InChI is InChI=1S/C10H14N2S/c1-2-8(11-5-1)10-12-9(6-13-10)7-3-4-7/h6-8,11H,1-5H2. The fourth-order valence-corrected chi connectivity index (χ4v) is 2.93. The van der Waals surface area contributed by atoms with Crippen LogP contribution in [-0.4, -0.2) is 11.5 Å². The molecule has 1 N–H and O–H groups in total. The number of aromatic nitrogens is 1. The summed E-state index contributed by atoms with van der Waals surface area (Å²) in [7, 11) is 0. The summed E-state index contributed by atoms with van der Waals surface area (Å²) < 4.78 is 0. The van der Waals surface area contributed by atoms with Gasteiger partial charge in [-0.1, -0.05) is 0 Å². The molecular formula is C10H14N2S. The Morgan fingerprint density at radius 2 is 2.31 bits per heavy atom. The monoisotopic (exact) mass is 194 g/mol. The van der Waals surface area contributed by atoms with E-state index in [9.17, 15) is 0 Å². The van der Waals surface area contributed by atoms with E-state index in [0.29, 0.717) is 6.04 Å². The molecule has 3 heteroatoms. The number of nitrogens with one attached hydrogen (secondary N) is 1. The second-order valence-electron chi connectivity index (χ2n) is 4.03. The number of hydrogen-bond acceptors (Lipinski definition) is 3. The van der Waals surface area contributed by atoms with Crippen LogP contribution in [0.4, 0.5) is 0 Å². The lowest BCUT2D eigenvalue weighted by molar-refractivity contribution is 0.640. The van der Waals surface area contributed by atoms with Crippen molar-refractivity contribution in [1.29, 1.82) is 0 Å². The van der Waals surface area contributed by atoms with Crippen molar-refractivity contribution in [2.24, 2.45) is 0 Å². The first-order valence-electron chi connectivity index (χ1n) is 5.12. The SMILES string of the molecule is c1sc(C2CCCN2)nc1C1CC1. The Kier molecular flexibility index (Phi) is 1.87. The number of rotatable bonds is 2. The van der Waals surface area contributed by atoms with E-state index in [1.54, 1.807) is 0 Å². The fraction of sp³-hybridized carbons (Fsp3) is 0.700. The molecule has 1 saturated carbocycles. The average Bonchev–Trinajstić information content (AvgIpc) is 2.72. The highest BCUT2D eigenvalue weighted by molar-refractivity contribution is 7.09. The Bertz CT molecular complexity index is 298. The molecule has 0 radical (unpaired) electrons. The van der Waals surface area contributed by atoms with E-state index in [1.807, 2.05) is 11.3 Å². The van der Waals surface area contributed by atoms with Crippen molar-refractivity contribution < 1.29 is 0 Å². The van der Waals surface area contributed by atoms with Crippen molar-refractivity contribution in [3.8, 4) is 0 Å². The molecule has 1 saturated heterocycles. The van der Waals surface area contributed by atoms with Crippen molar-refractivity contribution in [3.05, 3.63) is 16.1 Å². The second kappa shape index (κ2) is 3.07. The van der Waals surface area contributed by atoms with Gasteiger partial charge in [0.25, 0.3) is 0 Å². The minimum atomic E-state index is 0.567. The molecule has 1 aliphatic heterocycles. The molecular weight excluding hydrogens is 180 g/mol. The minimum Gasteiger partial charge on any atom is -0.308 e. The van der Waals surface area contributed by atoms with E-state index in [4.69, 9.17) is 4.98 Å². The maximum Gasteiger partial charge on any atom is 0.110 e. The van der Waals surface area contributed by atoms with Gasteiger partial charge < -0.3 is 5.32 Å². The van der Waals surface area contributed by atoms with Crippen molar-refractivity contribution in [3.63, 3.8) is 0 Å². The summed E-state index contributed by atoms with van der Waals surface area (Å²) in [6, 6.07) is 0.567. The minimum absolute atomic E-state index is 0.567. The number of thiazole rings is 1. The van der Waals surface area contributed by atoms with E-state index in [2.05, 4.69) is 10.7 Å². The van der Waals surface area contributed by atoms with Gasteiger partial charge in [-0.15, -0.1) is 11.3 Å². The van der Waals surface area contributed by atoms with Gasteiger partial charge in [0.2, 0.25) is 0 Å². The van der Waals surface area contributed by atoms with Crippen LogP contribution in [-0.2, 0) is 0 Å². The lowest BCUT2D eigenvalue weighted by Gasteiger charge is -2.04. The predicted octanol–water partition coefficient (Wildman–Crippen LogP) is 2.45. The van der Waals surface area contributed by atoms with E-state index in [1.165, 1.54) is 42.9 Å². The Morgan fingerprint density at radius 1 is 1.38 bits per heavy atom. The molecule has 1 aliphatic carbocycles. The predicted molar refractivity (Wildman–Crippen MR) is 54.1 cm³/mol. The van der Waals surface area contributed by atoms with Crippen LogP contribution in [0.15, 0.2) is 5.38 Å². The summed E-state index contributed by atoms with van der Waals surface area (Å²) in [4.78, 5) is 4.71. The van der Waals surface area contributed by atoms with Crippen LogP contribution < -0.4 is 5.32 Å². The quantitative estimate of drug-likeness (QED) is 0.782. The normalized spacial score (nSPS) is 28.2. The molecule has 13 heavy (non-hydrogen) atoms. The molecule has 2 nitrogen and oxygen atoms in total. The Labute approximate surface area is 82.4 Å². The van der Waals surface area contributed by atoms with Crippen LogP contribution in [0.3, 0.4) is 0 Å². The number of hydrogen-bond donors (Lipinski definition) is 1. The van der Waals surface area contributed by atoms with Crippen LogP contribution in [0.2, 0.25) is 0 Å². The molecule has 2 fully saturated rings. The van der Waals surface area contributed by atoms with E-state index in [-0.39, 0.29) is 0 Å². The topological polar surface area (TPSA) is 24.9 Å². The Morgan fingerprint density at radius 3 is 3.00 bits per heavy atom. The van der Waals surface area contributed by atoms with Gasteiger partial charge in [0.05, 0.1) is 11.7 Å². The molecule has 70 valence electrons. The molecule has 3 rings (SSSR count). The highest BCUT2D eigenvalue weighted by atomic mass is 32.1. The Balaban J connectivity index is 1.79.